The summed E-state index contributed by atoms with van der Waals surface area (Å²) in [5, 5.41) is 8.77. The van der Waals surface area contributed by atoms with Crippen LogP contribution in [0.2, 0.25) is 0 Å². The molecule has 3 heteroatoms. The van der Waals surface area contributed by atoms with Gasteiger partial charge < -0.3 is 10.0 Å². The van der Waals surface area contributed by atoms with E-state index >= 15 is 0 Å². The number of hydrogen-bond donors (Lipinski definition) is 1. The lowest BCUT2D eigenvalue weighted by Crippen LogP contribution is -2.35. The molecular weight excluding hydrogens is 178 g/mol. The van der Waals surface area contributed by atoms with Gasteiger partial charge in [0.05, 0.1) is 6.61 Å². The third-order valence-corrected chi connectivity index (χ3v) is 3.01. The summed E-state index contributed by atoms with van der Waals surface area (Å²) in [4.78, 5) is 12.3. The van der Waals surface area contributed by atoms with E-state index in [4.69, 9.17) is 5.11 Å². The van der Waals surface area contributed by atoms with Crippen molar-refractivity contribution in [3.05, 3.63) is 0 Å². The Bertz CT molecular complexity index is 153. The quantitative estimate of drug-likeness (QED) is 0.647. The molecule has 0 aliphatic carbocycles. The minimum atomic E-state index is 0.269. The van der Waals surface area contributed by atoms with Gasteiger partial charge in [-0.05, 0) is 44.7 Å². The van der Waals surface area contributed by atoms with E-state index in [1.54, 1.807) is 0 Å². The number of β-amino-alcohol motifs (C(OH)–C–C–N with tert-alkyl or cyclic N) is 1. The molecule has 1 heterocycles. The molecule has 1 aliphatic rings. The predicted octanol–water partition coefficient (Wildman–Crippen LogP) is 0.971. The van der Waals surface area contributed by atoms with Crippen LogP contribution in [0.5, 0.6) is 0 Å². The highest BCUT2D eigenvalue weighted by molar-refractivity contribution is 5.50. The van der Waals surface area contributed by atoms with Crippen LogP contribution in [-0.2, 0) is 4.79 Å². The largest absolute Gasteiger partial charge is 0.395 e. The van der Waals surface area contributed by atoms with Gasteiger partial charge in [0.25, 0.3) is 0 Å². The van der Waals surface area contributed by atoms with Crippen LogP contribution in [0.1, 0.15) is 32.1 Å². The molecule has 0 aromatic heterocycles. The van der Waals surface area contributed by atoms with Crippen molar-refractivity contribution in [2.24, 2.45) is 5.92 Å². The van der Waals surface area contributed by atoms with Gasteiger partial charge in [-0.1, -0.05) is 0 Å². The van der Waals surface area contributed by atoms with Gasteiger partial charge in [0, 0.05) is 13.0 Å². The highest BCUT2D eigenvalue weighted by Crippen LogP contribution is 2.21. The van der Waals surface area contributed by atoms with Crippen LogP contribution in [0.4, 0.5) is 0 Å². The Morgan fingerprint density at radius 3 is 2.64 bits per heavy atom. The first-order chi connectivity index (χ1) is 6.86. The predicted molar refractivity (Wildman–Crippen MR) is 55.8 cm³/mol. The molecule has 0 aromatic carbocycles. The van der Waals surface area contributed by atoms with E-state index in [1.165, 1.54) is 19.3 Å². The molecule has 0 amide bonds. The molecule has 1 radical (unpaired) electrons. The maximum atomic E-state index is 10.0. The number of unbranched alkanes of at least 4 members (excludes halogenated alkanes) is 1. The Hall–Kier alpha value is -0.410. The van der Waals surface area contributed by atoms with Crippen molar-refractivity contribution >= 4 is 6.29 Å². The Labute approximate surface area is 86.1 Å². The molecule has 0 saturated carbocycles. The fourth-order valence-corrected chi connectivity index (χ4v) is 2.10. The lowest BCUT2D eigenvalue weighted by molar-refractivity contribution is 0.144. The summed E-state index contributed by atoms with van der Waals surface area (Å²) in [6, 6.07) is 0. The topological polar surface area (TPSA) is 40.5 Å². The molecule has 1 rings (SSSR count). The summed E-state index contributed by atoms with van der Waals surface area (Å²) in [5.74, 6) is 0.790. The number of aliphatic hydroxyl groups excluding tert-OH is 1. The summed E-state index contributed by atoms with van der Waals surface area (Å²) in [7, 11) is 0. The van der Waals surface area contributed by atoms with Gasteiger partial charge in [-0.15, -0.1) is 0 Å². The molecular formula is C11H20NO2. The van der Waals surface area contributed by atoms with Gasteiger partial charge in [0.15, 0.2) is 6.29 Å². The fourth-order valence-electron chi connectivity index (χ4n) is 2.10. The second-order valence-electron chi connectivity index (χ2n) is 4.05. The summed E-state index contributed by atoms with van der Waals surface area (Å²) in [6.45, 7) is 3.30. The summed E-state index contributed by atoms with van der Waals surface area (Å²) in [5.41, 5.74) is 0. The maximum absolute atomic E-state index is 10.0. The number of aliphatic hydroxyl groups is 1. The van der Waals surface area contributed by atoms with Gasteiger partial charge in [0.1, 0.15) is 0 Å². The average molecular weight is 198 g/mol. The van der Waals surface area contributed by atoms with E-state index in [0.717, 1.165) is 32.0 Å². The van der Waals surface area contributed by atoms with Crippen molar-refractivity contribution in [2.45, 2.75) is 32.1 Å². The third kappa shape index (κ3) is 4.20. The molecule has 1 saturated heterocycles. The van der Waals surface area contributed by atoms with Crippen molar-refractivity contribution < 1.29 is 9.90 Å². The molecule has 0 unspecified atom stereocenters. The molecule has 1 fully saturated rings. The fraction of sp³-hybridized carbons (Fsp3) is 0.909. The van der Waals surface area contributed by atoms with E-state index in [1.807, 2.05) is 6.29 Å². The lowest BCUT2D eigenvalue weighted by atomic mass is 9.92. The Morgan fingerprint density at radius 2 is 2.07 bits per heavy atom. The molecule has 1 N–H and O–H groups in total. The lowest BCUT2D eigenvalue weighted by Gasteiger charge is -2.31. The number of rotatable bonds is 6. The summed E-state index contributed by atoms with van der Waals surface area (Å²) in [6.07, 6.45) is 7.14. The number of carbonyl (C=O) groups excluding carboxylic acids is 1. The first-order valence-electron chi connectivity index (χ1n) is 5.55. The first-order valence-corrected chi connectivity index (χ1v) is 5.55. The zero-order chi connectivity index (χ0) is 10.2. The van der Waals surface area contributed by atoms with Gasteiger partial charge in [0.2, 0.25) is 0 Å². The number of hydrogen-bond acceptors (Lipinski definition) is 3. The second kappa shape index (κ2) is 6.96. The van der Waals surface area contributed by atoms with Crippen LogP contribution < -0.4 is 0 Å². The van der Waals surface area contributed by atoms with Gasteiger partial charge in [-0.3, -0.25) is 4.79 Å². The minimum absolute atomic E-state index is 0.269. The smallest absolute Gasteiger partial charge is 0.198 e. The third-order valence-electron chi connectivity index (χ3n) is 3.01. The van der Waals surface area contributed by atoms with Crippen LogP contribution in [0.3, 0.4) is 0 Å². The zero-order valence-electron chi connectivity index (χ0n) is 8.74. The van der Waals surface area contributed by atoms with Crippen molar-refractivity contribution in [1.82, 2.24) is 4.90 Å². The van der Waals surface area contributed by atoms with Crippen molar-refractivity contribution in [3.8, 4) is 0 Å². The van der Waals surface area contributed by atoms with E-state index in [-0.39, 0.29) is 6.61 Å². The average Bonchev–Trinajstić information content (AvgIpc) is 2.21. The minimum Gasteiger partial charge on any atom is -0.395 e. The van der Waals surface area contributed by atoms with E-state index in [9.17, 15) is 4.79 Å². The van der Waals surface area contributed by atoms with E-state index in [2.05, 4.69) is 4.90 Å². The van der Waals surface area contributed by atoms with Crippen LogP contribution in [-0.4, -0.2) is 42.5 Å². The second-order valence-corrected chi connectivity index (χ2v) is 4.05. The SMILES string of the molecule is O=[C]CCCC1CCN(CCO)CC1. The first kappa shape index (κ1) is 11.7. The summed E-state index contributed by atoms with van der Waals surface area (Å²) < 4.78 is 0. The van der Waals surface area contributed by atoms with Gasteiger partial charge in [-0.2, -0.15) is 0 Å². The summed E-state index contributed by atoms with van der Waals surface area (Å²) >= 11 is 0. The molecule has 3 nitrogen and oxygen atoms in total. The van der Waals surface area contributed by atoms with E-state index in [0.29, 0.717) is 6.42 Å². The molecule has 0 bridgehead atoms. The zero-order valence-corrected chi connectivity index (χ0v) is 8.74. The van der Waals surface area contributed by atoms with Crippen LogP contribution in [0.15, 0.2) is 0 Å². The highest BCUT2D eigenvalue weighted by atomic mass is 16.3. The molecule has 0 aromatic rings. The van der Waals surface area contributed by atoms with Crippen LogP contribution in [0.25, 0.3) is 0 Å². The standard InChI is InChI=1S/C11H20NO2/c13-9-2-1-3-11-4-6-12(7-5-11)8-10-14/h11,14H,1-8,10H2. The van der Waals surface area contributed by atoms with Crippen molar-refractivity contribution in [1.29, 1.82) is 0 Å². The Balaban J connectivity index is 2.06. The Morgan fingerprint density at radius 1 is 1.36 bits per heavy atom. The molecule has 0 spiro atoms. The molecule has 0 atom stereocenters. The Kier molecular flexibility index (Phi) is 5.80. The number of piperidine rings is 1. The molecule has 81 valence electrons. The van der Waals surface area contributed by atoms with Crippen LogP contribution in [0, 0.1) is 5.92 Å². The van der Waals surface area contributed by atoms with Crippen LogP contribution >= 0.6 is 0 Å². The normalized spacial score (nSPS) is 19.8. The van der Waals surface area contributed by atoms with Gasteiger partial charge >= 0.3 is 0 Å². The van der Waals surface area contributed by atoms with Gasteiger partial charge in [-0.25, -0.2) is 0 Å². The molecule has 14 heavy (non-hydrogen) atoms. The molecule has 1 aliphatic heterocycles. The monoisotopic (exact) mass is 198 g/mol. The van der Waals surface area contributed by atoms with Crippen molar-refractivity contribution in [2.75, 3.05) is 26.2 Å². The number of likely N-dealkylation sites (tertiary alicyclic amines) is 1. The van der Waals surface area contributed by atoms with Crippen molar-refractivity contribution in [3.63, 3.8) is 0 Å². The maximum Gasteiger partial charge on any atom is 0.198 e. The van der Waals surface area contributed by atoms with E-state index < -0.39 is 0 Å². The number of nitrogens with zero attached hydrogens (tertiary/aromatic N) is 1. The highest BCUT2D eigenvalue weighted by Gasteiger charge is 2.17.